The van der Waals surface area contributed by atoms with Gasteiger partial charge in [0.25, 0.3) is 0 Å². The van der Waals surface area contributed by atoms with Gasteiger partial charge in [-0.2, -0.15) is 0 Å². The highest BCUT2D eigenvalue weighted by molar-refractivity contribution is 7.90. The maximum absolute atomic E-state index is 12.3. The molecule has 128 valence electrons. The molecule has 1 fully saturated rings. The van der Waals surface area contributed by atoms with Gasteiger partial charge in [-0.3, -0.25) is 9.69 Å². The largest absolute Gasteiger partial charge is 0.325 e. The highest BCUT2D eigenvalue weighted by Crippen LogP contribution is 2.34. The van der Waals surface area contributed by atoms with Gasteiger partial charge in [0.1, 0.15) is 0 Å². The summed E-state index contributed by atoms with van der Waals surface area (Å²) in [6.45, 7) is 1.26. The number of hydrogen-bond donors (Lipinski definition) is 1. The molecular formula is C17H20N2O3S2. The highest BCUT2D eigenvalue weighted by atomic mass is 32.2. The SMILES string of the molecule is CS(=O)(=O)c1ccc(NC(=O)CN2CCC[C@H]2c2cccs2)cc1. The normalized spacial score (nSPS) is 18.6. The van der Waals surface area contributed by atoms with Crippen LogP contribution in [0, 0.1) is 0 Å². The summed E-state index contributed by atoms with van der Waals surface area (Å²) >= 11 is 1.73. The number of thiophene rings is 1. The quantitative estimate of drug-likeness (QED) is 0.886. The summed E-state index contributed by atoms with van der Waals surface area (Å²) in [5.74, 6) is -0.0782. The Morgan fingerprint density at radius 1 is 1.29 bits per heavy atom. The van der Waals surface area contributed by atoms with Crippen LogP contribution in [0.1, 0.15) is 23.8 Å². The van der Waals surface area contributed by atoms with E-state index in [1.807, 2.05) is 6.07 Å². The molecule has 1 aliphatic heterocycles. The van der Waals surface area contributed by atoms with Gasteiger partial charge in [-0.05, 0) is 55.1 Å². The second-order valence-electron chi connectivity index (χ2n) is 5.99. The summed E-state index contributed by atoms with van der Waals surface area (Å²) in [6.07, 6.45) is 3.34. The number of hydrogen-bond acceptors (Lipinski definition) is 5. The first kappa shape index (κ1) is 17.1. The van der Waals surface area contributed by atoms with Crippen molar-refractivity contribution in [3.05, 3.63) is 46.7 Å². The van der Waals surface area contributed by atoms with Crippen molar-refractivity contribution in [3.63, 3.8) is 0 Å². The standard InChI is InChI=1S/C17H20N2O3S2/c1-24(21,22)14-8-6-13(7-9-14)18-17(20)12-19-10-2-4-15(19)16-5-3-11-23-16/h3,5-9,11,15H,2,4,10,12H2,1H3,(H,18,20)/t15-/m0/s1. The summed E-state index contributed by atoms with van der Waals surface area (Å²) in [7, 11) is -3.22. The van der Waals surface area contributed by atoms with Gasteiger partial charge in [0.15, 0.2) is 9.84 Å². The second-order valence-corrected chi connectivity index (χ2v) is 8.98. The molecule has 5 nitrogen and oxygen atoms in total. The Labute approximate surface area is 146 Å². The number of likely N-dealkylation sites (tertiary alicyclic amines) is 1. The fourth-order valence-electron chi connectivity index (χ4n) is 2.99. The van der Waals surface area contributed by atoms with Crippen molar-refractivity contribution in [2.45, 2.75) is 23.8 Å². The van der Waals surface area contributed by atoms with Crippen molar-refractivity contribution in [1.29, 1.82) is 0 Å². The van der Waals surface area contributed by atoms with E-state index >= 15 is 0 Å². The lowest BCUT2D eigenvalue weighted by molar-refractivity contribution is -0.117. The van der Waals surface area contributed by atoms with Crippen molar-refractivity contribution in [3.8, 4) is 0 Å². The second kappa shape index (κ2) is 7.04. The zero-order valence-corrected chi connectivity index (χ0v) is 15.1. The molecule has 1 amide bonds. The van der Waals surface area contributed by atoms with Gasteiger partial charge in [-0.25, -0.2) is 8.42 Å². The summed E-state index contributed by atoms with van der Waals surface area (Å²) < 4.78 is 22.9. The molecule has 7 heteroatoms. The van der Waals surface area contributed by atoms with Gasteiger partial charge in [-0.1, -0.05) is 6.07 Å². The van der Waals surface area contributed by atoms with Gasteiger partial charge >= 0.3 is 0 Å². The van der Waals surface area contributed by atoms with Crippen molar-refractivity contribution in [2.75, 3.05) is 24.7 Å². The van der Waals surface area contributed by atoms with E-state index in [-0.39, 0.29) is 10.8 Å². The fraction of sp³-hybridized carbons (Fsp3) is 0.353. The van der Waals surface area contributed by atoms with E-state index in [9.17, 15) is 13.2 Å². The van der Waals surface area contributed by atoms with Gasteiger partial charge in [0.2, 0.25) is 5.91 Å². The van der Waals surface area contributed by atoms with Gasteiger partial charge in [0, 0.05) is 22.9 Å². The number of carbonyl (C=O) groups excluding carboxylic acids is 1. The lowest BCUT2D eigenvalue weighted by Crippen LogP contribution is -2.32. The van der Waals surface area contributed by atoms with E-state index in [0.29, 0.717) is 18.3 Å². The van der Waals surface area contributed by atoms with Crippen molar-refractivity contribution < 1.29 is 13.2 Å². The van der Waals surface area contributed by atoms with E-state index in [2.05, 4.69) is 21.7 Å². The first-order valence-corrected chi connectivity index (χ1v) is 10.6. The molecule has 24 heavy (non-hydrogen) atoms. The fourth-order valence-corrected chi connectivity index (χ4v) is 4.51. The molecule has 1 aromatic heterocycles. The smallest absolute Gasteiger partial charge is 0.238 e. The molecule has 2 aromatic rings. The van der Waals surface area contributed by atoms with E-state index in [1.54, 1.807) is 23.5 Å². The number of amides is 1. The number of nitrogens with one attached hydrogen (secondary N) is 1. The predicted molar refractivity (Wildman–Crippen MR) is 96.0 cm³/mol. The maximum Gasteiger partial charge on any atom is 0.238 e. The Balaban J connectivity index is 1.61. The summed E-state index contributed by atoms with van der Waals surface area (Å²) in [5.41, 5.74) is 0.610. The molecule has 3 rings (SSSR count). The van der Waals surface area contributed by atoms with Crippen molar-refractivity contribution in [2.24, 2.45) is 0 Å². The van der Waals surface area contributed by atoms with Gasteiger partial charge < -0.3 is 5.32 Å². The van der Waals surface area contributed by atoms with Crippen molar-refractivity contribution in [1.82, 2.24) is 4.90 Å². The summed E-state index contributed by atoms with van der Waals surface area (Å²) in [4.78, 5) is 16.0. The van der Waals surface area contributed by atoms with Gasteiger partial charge in [-0.15, -0.1) is 11.3 Å². The van der Waals surface area contributed by atoms with Crippen LogP contribution in [-0.4, -0.2) is 38.6 Å². The highest BCUT2D eigenvalue weighted by Gasteiger charge is 2.28. The molecule has 0 saturated carbocycles. The first-order chi connectivity index (χ1) is 11.4. The Hall–Kier alpha value is -1.70. The summed E-state index contributed by atoms with van der Waals surface area (Å²) in [5, 5.41) is 4.91. The number of nitrogens with zero attached hydrogens (tertiary/aromatic N) is 1. The minimum absolute atomic E-state index is 0.0782. The zero-order chi connectivity index (χ0) is 17.2. The van der Waals surface area contributed by atoms with Crippen molar-refractivity contribution >= 4 is 32.8 Å². The molecule has 1 saturated heterocycles. The average molecular weight is 364 g/mol. The molecule has 0 spiro atoms. The van der Waals surface area contributed by atoms with Crippen LogP contribution >= 0.6 is 11.3 Å². The first-order valence-electron chi connectivity index (χ1n) is 7.81. The molecule has 0 aliphatic carbocycles. The molecule has 1 aliphatic rings. The lowest BCUT2D eigenvalue weighted by atomic mass is 10.2. The van der Waals surface area contributed by atoms with Crippen LogP contribution in [0.2, 0.25) is 0 Å². The molecule has 1 N–H and O–H groups in total. The number of anilines is 1. The molecule has 1 aromatic carbocycles. The Kier molecular flexibility index (Phi) is 5.03. The third-order valence-corrected chi connectivity index (χ3v) is 6.25. The van der Waals surface area contributed by atoms with Crippen LogP contribution in [0.4, 0.5) is 5.69 Å². The monoisotopic (exact) mass is 364 g/mol. The van der Waals surface area contributed by atoms with Crippen LogP contribution < -0.4 is 5.32 Å². The van der Waals surface area contributed by atoms with E-state index < -0.39 is 9.84 Å². The third kappa shape index (κ3) is 4.03. The van der Waals surface area contributed by atoms with E-state index in [1.165, 1.54) is 23.3 Å². The molecule has 0 unspecified atom stereocenters. The van der Waals surface area contributed by atoms with Crippen LogP contribution in [0.15, 0.2) is 46.7 Å². The molecular weight excluding hydrogens is 344 g/mol. The van der Waals surface area contributed by atoms with Gasteiger partial charge in [0.05, 0.1) is 11.4 Å². The zero-order valence-electron chi connectivity index (χ0n) is 13.4. The third-order valence-electron chi connectivity index (χ3n) is 4.15. The summed E-state index contributed by atoms with van der Waals surface area (Å²) in [6, 6.07) is 10.7. The molecule has 0 radical (unpaired) electrons. The number of sulfone groups is 1. The number of rotatable bonds is 5. The molecule has 2 heterocycles. The Morgan fingerprint density at radius 3 is 2.67 bits per heavy atom. The predicted octanol–water partition coefficient (Wildman–Crippen LogP) is 2.93. The lowest BCUT2D eigenvalue weighted by Gasteiger charge is -2.22. The average Bonchev–Trinajstić information content (AvgIpc) is 3.17. The van der Waals surface area contributed by atoms with Crippen LogP contribution in [0.3, 0.4) is 0 Å². The number of carbonyl (C=O) groups is 1. The number of benzene rings is 1. The Bertz CT molecular complexity index is 799. The van der Waals surface area contributed by atoms with Crippen LogP contribution in [-0.2, 0) is 14.6 Å². The molecule has 1 atom stereocenters. The minimum Gasteiger partial charge on any atom is -0.325 e. The van der Waals surface area contributed by atoms with Crippen LogP contribution in [0.25, 0.3) is 0 Å². The molecule has 0 bridgehead atoms. The van der Waals surface area contributed by atoms with E-state index in [0.717, 1.165) is 19.4 Å². The Morgan fingerprint density at radius 2 is 2.04 bits per heavy atom. The maximum atomic E-state index is 12.3. The minimum atomic E-state index is -3.22. The van der Waals surface area contributed by atoms with E-state index in [4.69, 9.17) is 0 Å². The topological polar surface area (TPSA) is 66.5 Å². The van der Waals surface area contributed by atoms with Crippen LogP contribution in [0.5, 0.6) is 0 Å².